The zero-order valence-corrected chi connectivity index (χ0v) is 18.7. The maximum atomic E-state index is 2.52. The highest BCUT2D eigenvalue weighted by Crippen LogP contribution is 2.44. The zero-order valence-electron chi connectivity index (χ0n) is 18.7. The molecule has 0 bridgehead atoms. The normalized spacial score (nSPS) is 13.9. The molecule has 0 fully saturated rings. The number of fused-ring (bicyclic) bond motifs is 3. The van der Waals surface area contributed by atoms with Crippen LogP contribution in [0.4, 0.5) is 0 Å². The van der Waals surface area contributed by atoms with Crippen LogP contribution in [0, 0.1) is 27.7 Å². The van der Waals surface area contributed by atoms with Gasteiger partial charge in [0.1, 0.15) is 11.4 Å². The molecule has 0 atom stereocenters. The summed E-state index contributed by atoms with van der Waals surface area (Å²) in [7, 11) is 0. The Bertz CT molecular complexity index is 1280. The van der Waals surface area contributed by atoms with E-state index in [1.54, 1.807) is 0 Å². The molecule has 0 N–H and O–H groups in total. The Labute approximate surface area is 179 Å². The van der Waals surface area contributed by atoms with Gasteiger partial charge in [0.05, 0.1) is 11.0 Å². The first kappa shape index (κ1) is 18.9. The molecule has 1 aromatic heterocycles. The number of rotatable bonds is 2. The monoisotopic (exact) mass is 393 g/mol. The predicted octanol–water partition coefficient (Wildman–Crippen LogP) is 6.29. The number of para-hydroxylation sites is 2. The first-order chi connectivity index (χ1) is 14.3. The summed E-state index contributed by atoms with van der Waals surface area (Å²) in [5.74, 6) is 1.26. The molecule has 30 heavy (non-hydrogen) atoms. The van der Waals surface area contributed by atoms with Crippen molar-refractivity contribution in [1.82, 2.24) is 4.57 Å². The fourth-order valence-electron chi connectivity index (χ4n) is 5.42. The number of hydrogen-bond acceptors (Lipinski definition) is 0. The van der Waals surface area contributed by atoms with Crippen LogP contribution < -0.4 is 4.57 Å². The topological polar surface area (TPSA) is 8.81 Å². The number of benzene rings is 3. The average molecular weight is 394 g/mol. The summed E-state index contributed by atoms with van der Waals surface area (Å²) in [4.78, 5) is 0. The van der Waals surface area contributed by atoms with Crippen molar-refractivity contribution in [2.24, 2.45) is 0 Å². The molecule has 1 aliphatic rings. The van der Waals surface area contributed by atoms with Gasteiger partial charge in [-0.3, -0.25) is 0 Å². The first-order valence-corrected chi connectivity index (χ1v) is 10.7. The first-order valence-electron chi connectivity index (χ1n) is 10.7. The standard InChI is InChI=1S/C28H29N2/c1-18-12-7-9-16-23(18)29-21(4)26-28(5,6)22-15-8-10-17-24(22)30(26)27(29)25-19(2)13-11-14-20(25)3/h7-17H,1-6H3/q+1. The third kappa shape index (κ3) is 2.40. The van der Waals surface area contributed by atoms with E-state index in [1.807, 2.05) is 0 Å². The minimum atomic E-state index is -0.0556. The molecule has 0 spiro atoms. The summed E-state index contributed by atoms with van der Waals surface area (Å²) < 4.78 is 5.00. The molecule has 150 valence electrons. The number of hydrogen-bond donors (Lipinski definition) is 0. The van der Waals surface area contributed by atoms with Crippen molar-refractivity contribution in [3.63, 3.8) is 0 Å². The minimum Gasteiger partial charge on any atom is -0.192 e. The van der Waals surface area contributed by atoms with Crippen LogP contribution in [-0.4, -0.2) is 4.57 Å². The van der Waals surface area contributed by atoms with E-state index in [2.05, 4.69) is 117 Å². The van der Waals surface area contributed by atoms with Crippen LogP contribution in [0.3, 0.4) is 0 Å². The second kappa shape index (κ2) is 6.43. The van der Waals surface area contributed by atoms with Crippen molar-refractivity contribution in [2.45, 2.75) is 47.0 Å². The molecule has 4 aromatic rings. The second-order valence-corrected chi connectivity index (χ2v) is 9.12. The van der Waals surface area contributed by atoms with Crippen molar-refractivity contribution in [1.29, 1.82) is 0 Å². The smallest absolute Gasteiger partial charge is 0.192 e. The SMILES string of the molecule is Cc1ccccc1-n1c(C)c2[n+](c1-c1c(C)cccc1C)-c1ccccc1C2(C)C. The van der Waals surface area contributed by atoms with E-state index in [9.17, 15) is 0 Å². The maximum Gasteiger partial charge on any atom is 0.300 e. The average Bonchev–Trinajstić information content (AvgIpc) is 3.14. The lowest BCUT2D eigenvalue weighted by Crippen LogP contribution is -2.35. The lowest BCUT2D eigenvalue weighted by molar-refractivity contribution is -0.587. The molecule has 2 nitrogen and oxygen atoms in total. The summed E-state index contributed by atoms with van der Waals surface area (Å²) >= 11 is 0. The summed E-state index contributed by atoms with van der Waals surface area (Å²) in [6.45, 7) is 13.7. The van der Waals surface area contributed by atoms with Crippen LogP contribution in [0.1, 0.15) is 47.5 Å². The predicted molar refractivity (Wildman–Crippen MR) is 124 cm³/mol. The molecule has 2 heterocycles. The molecule has 3 aromatic carbocycles. The summed E-state index contributed by atoms with van der Waals surface area (Å²) in [5.41, 5.74) is 11.8. The Morgan fingerprint density at radius 1 is 0.700 bits per heavy atom. The molecule has 0 unspecified atom stereocenters. The van der Waals surface area contributed by atoms with E-state index in [0.29, 0.717) is 0 Å². The number of imidazole rings is 1. The maximum absolute atomic E-state index is 2.52. The molecule has 0 saturated carbocycles. The van der Waals surface area contributed by atoms with Gasteiger partial charge in [0.2, 0.25) is 0 Å². The Morgan fingerprint density at radius 3 is 2.00 bits per heavy atom. The van der Waals surface area contributed by atoms with Crippen molar-refractivity contribution >= 4 is 0 Å². The zero-order chi connectivity index (χ0) is 21.2. The highest BCUT2D eigenvalue weighted by Gasteiger charge is 2.48. The van der Waals surface area contributed by atoms with Crippen molar-refractivity contribution in [3.05, 3.63) is 100 Å². The van der Waals surface area contributed by atoms with Crippen LogP contribution in [0.15, 0.2) is 66.7 Å². The Morgan fingerprint density at radius 2 is 1.30 bits per heavy atom. The second-order valence-electron chi connectivity index (χ2n) is 9.12. The van der Waals surface area contributed by atoms with Crippen molar-refractivity contribution in [2.75, 3.05) is 0 Å². The van der Waals surface area contributed by atoms with Gasteiger partial charge in [-0.25, -0.2) is 0 Å². The van der Waals surface area contributed by atoms with Gasteiger partial charge in [-0.2, -0.15) is 9.13 Å². The third-order valence-electron chi connectivity index (χ3n) is 6.80. The van der Waals surface area contributed by atoms with Crippen LogP contribution in [0.25, 0.3) is 22.8 Å². The van der Waals surface area contributed by atoms with E-state index in [4.69, 9.17) is 0 Å². The molecule has 0 amide bonds. The molecule has 0 aliphatic carbocycles. The Balaban J connectivity index is 2.01. The van der Waals surface area contributed by atoms with E-state index >= 15 is 0 Å². The minimum absolute atomic E-state index is 0.0556. The Kier molecular flexibility index (Phi) is 4.05. The highest BCUT2D eigenvalue weighted by molar-refractivity contribution is 5.68. The van der Waals surface area contributed by atoms with Gasteiger partial charge in [0, 0.05) is 12.5 Å². The fourth-order valence-corrected chi connectivity index (χ4v) is 5.42. The van der Waals surface area contributed by atoms with Gasteiger partial charge in [0.15, 0.2) is 11.4 Å². The summed E-state index contributed by atoms with van der Waals surface area (Å²) in [6.07, 6.45) is 0. The molecule has 1 aliphatic heterocycles. The van der Waals surface area contributed by atoms with Crippen LogP contribution in [0.2, 0.25) is 0 Å². The van der Waals surface area contributed by atoms with E-state index < -0.39 is 0 Å². The van der Waals surface area contributed by atoms with Crippen LogP contribution in [-0.2, 0) is 5.41 Å². The fraction of sp³-hybridized carbons (Fsp3) is 0.250. The van der Waals surface area contributed by atoms with Crippen LogP contribution in [0.5, 0.6) is 0 Å². The lowest BCUT2D eigenvalue weighted by Gasteiger charge is -2.17. The van der Waals surface area contributed by atoms with E-state index in [0.717, 1.165) is 0 Å². The molecule has 5 rings (SSSR count). The van der Waals surface area contributed by atoms with Gasteiger partial charge in [-0.05, 0) is 63.4 Å². The van der Waals surface area contributed by atoms with Crippen molar-refractivity contribution < 1.29 is 4.57 Å². The van der Waals surface area contributed by atoms with E-state index in [-0.39, 0.29) is 5.41 Å². The molecule has 0 radical (unpaired) electrons. The highest BCUT2D eigenvalue weighted by atomic mass is 15.2. The quantitative estimate of drug-likeness (QED) is 0.354. The van der Waals surface area contributed by atoms with Gasteiger partial charge in [0.25, 0.3) is 5.82 Å². The molecular weight excluding hydrogens is 364 g/mol. The van der Waals surface area contributed by atoms with Gasteiger partial charge in [-0.15, -0.1) is 0 Å². The third-order valence-corrected chi connectivity index (χ3v) is 6.80. The molecular formula is C28H29N2+. The van der Waals surface area contributed by atoms with Gasteiger partial charge < -0.3 is 0 Å². The number of aromatic nitrogens is 2. The number of nitrogens with zero attached hydrogens (tertiary/aromatic N) is 2. The summed E-state index contributed by atoms with van der Waals surface area (Å²) in [6, 6.07) is 24.2. The van der Waals surface area contributed by atoms with Gasteiger partial charge >= 0.3 is 0 Å². The molecule has 0 saturated heterocycles. The molecule has 2 heteroatoms. The summed E-state index contributed by atoms with van der Waals surface area (Å²) in [5, 5.41) is 0. The lowest BCUT2D eigenvalue weighted by atomic mass is 9.82. The van der Waals surface area contributed by atoms with Gasteiger partial charge in [-0.1, -0.05) is 54.6 Å². The largest absolute Gasteiger partial charge is 0.300 e. The number of aryl methyl sites for hydroxylation is 3. The van der Waals surface area contributed by atoms with Crippen molar-refractivity contribution in [3.8, 4) is 22.8 Å². The Hall–Kier alpha value is -3.13. The van der Waals surface area contributed by atoms with Crippen LogP contribution >= 0.6 is 0 Å². The van der Waals surface area contributed by atoms with E-state index in [1.165, 1.54) is 56.4 Å².